The molecule has 1 aromatic heterocycles. The summed E-state index contributed by atoms with van der Waals surface area (Å²) >= 11 is 1.26. The standard InChI is InChI=1S/C24H25N3O5S/c1-2-29-18-8-5-16(6-9-18)23-25-26-24(32-23)33-15-22(28)27-11-3-4-19(27)17-7-10-20-21(14-17)31-13-12-30-20/h5-10,14,19H,2-4,11-13,15H2,1H3. The highest BCUT2D eigenvalue weighted by Crippen LogP contribution is 2.38. The molecule has 1 unspecified atom stereocenters. The van der Waals surface area contributed by atoms with Gasteiger partial charge >= 0.3 is 0 Å². The Balaban J connectivity index is 1.21. The number of aromatic nitrogens is 2. The van der Waals surface area contributed by atoms with Crippen LogP contribution in [0.25, 0.3) is 11.5 Å². The van der Waals surface area contributed by atoms with Gasteiger partial charge in [0.2, 0.25) is 11.8 Å². The Morgan fingerprint density at radius 1 is 1.12 bits per heavy atom. The number of benzene rings is 2. The minimum absolute atomic E-state index is 0.0380. The van der Waals surface area contributed by atoms with E-state index in [0.717, 1.165) is 47.8 Å². The second-order valence-corrected chi connectivity index (χ2v) is 8.69. The SMILES string of the molecule is CCOc1ccc(-c2nnc(SCC(=O)N3CCCC3c3ccc4c(c3)OCCO4)o2)cc1. The zero-order valence-corrected chi connectivity index (χ0v) is 19.2. The highest BCUT2D eigenvalue weighted by molar-refractivity contribution is 7.99. The normalized spacial score (nSPS) is 17.2. The topological polar surface area (TPSA) is 86.9 Å². The number of thioether (sulfide) groups is 1. The van der Waals surface area contributed by atoms with E-state index in [2.05, 4.69) is 10.2 Å². The zero-order chi connectivity index (χ0) is 22.6. The molecule has 8 nitrogen and oxygen atoms in total. The van der Waals surface area contributed by atoms with Crippen molar-refractivity contribution in [1.82, 2.24) is 15.1 Å². The average Bonchev–Trinajstić information content (AvgIpc) is 3.53. The van der Waals surface area contributed by atoms with Crippen LogP contribution >= 0.6 is 11.8 Å². The summed E-state index contributed by atoms with van der Waals surface area (Å²) in [4.78, 5) is 14.9. The van der Waals surface area contributed by atoms with Gasteiger partial charge in [0.1, 0.15) is 19.0 Å². The van der Waals surface area contributed by atoms with Gasteiger partial charge in [0, 0.05) is 12.1 Å². The number of rotatable bonds is 7. The molecular weight excluding hydrogens is 442 g/mol. The van der Waals surface area contributed by atoms with Gasteiger partial charge in [-0.25, -0.2) is 0 Å². The van der Waals surface area contributed by atoms with Crippen LogP contribution in [0.15, 0.2) is 52.1 Å². The third-order valence-corrected chi connectivity index (χ3v) is 6.47. The quantitative estimate of drug-likeness (QED) is 0.474. The fraction of sp³-hybridized carbons (Fsp3) is 0.375. The lowest BCUT2D eigenvalue weighted by Gasteiger charge is -2.26. The molecule has 2 aromatic carbocycles. The van der Waals surface area contributed by atoms with Crippen LogP contribution in [-0.2, 0) is 4.79 Å². The van der Waals surface area contributed by atoms with E-state index >= 15 is 0 Å². The van der Waals surface area contributed by atoms with E-state index in [4.69, 9.17) is 18.6 Å². The first-order valence-corrected chi connectivity index (χ1v) is 12.1. The molecule has 0 N–H and O–H groups in total. The van der Waals surface area contributed by atoms with Crippen LogP contribution in [-0.4, -0.2) is 53.1 Å². The molecule has 0 spiro atoms. The smallest absolute Gasteiger partial charge is 0.277 e. The van der Waals surface area contributed by atoms with Crippen molar-refractivity contribution < 1.29 is 23.4 Å². The van der Waals surface area contributed by atoms with E-state index in [1.54, 1.807) is 0 Å². The van der Waals surface area contributed by atoms with Crippen LogP contribution in [0, 0.1) is 0 Å². The van der Waals surface area contributed by atoms with Gasteiger partial charge in [-0.15, -0.1) is 10.2 Å². The minimum Gasteiger partial charge on any atom is -0.494 e. The summed E-state index contributed by atoms with van der Waals surface area (Å²) in [5.41, 5.74) is 1.88. The van der Waals surface area contributed by atoms with E-state index in [-0.39, 0.29) is 17.7 Å². The van der Waals surface area contributed by atoms with Crippen molar-refractivity contribution >= 4 is 17.7 Å². The van der Waals surface area contributed by atoms with Crippen molar-refractivity contribution in [2.75, 3.05) is 32.1 Å². The van der Waals surface area contributed by atoms with Gasteiger partial charge in [0.15, 0.2) is 11.5 Å². The Morgan fingerprint density at radius 2 is 1.94 bits per heavy atom. The Hall–Kier alpha value is -3.20. The van der Waals surface area contributed by atoms with E-state index in [1.807, 2.05) is 54.3 Å². The molecule has 0 bridgehead atoms. The third kappa shape index (κ3) is 4.78. The molecule has 2 aliphatic rings. The van der Waals surface area contributed by atoms with E-state index in [1.165, 1.54) is 11.8 Å². The maximum Gasteiger partial charge on any atom is 0.277 e. The van der Waals surface area contributed by atoms with Crippen molar-refractivity contribution in [2.45, 2.75) is 31.0 Å². The van der Waals surface area contributed by atoms with Crippen LogP contribution in [0.1, 0.15) is 31.4 Å². The molecule has 3 heterocycles. The first-order valence-electron chi connectivity index (χ1n) is 11.1. The second kappa shape index (κ2) is 9.74. The molecule has 3 aromatic rings. The van der Waals surface area contributed by atoms with Crippen molar-refractivity contribution in [3.05, 3.63) is 48.0 Å². The van der Waals surface area contributed by atoms with Gasteiger partial charge in [-0.1, -0.05) is 17.8 Å². The van der Waals surface area contributed by atoms with E-state index in [0.29, 0.717) is 30.9 Å². The number of amides is 1. The van der Waals surface area contributed by atoms with E-state index < -0.39 is 0 Å². The van der Waals surface area contributed by atoms with Crippen LogP contribution < -0.4 is 14.2 Å². The number of hydrogen-bond acceptors (Lipinski definition) is 8. The first kappa shape index (κ1) is 21.6. The molecule has 9 heteroatoms. The number of fused-ring (bicyclic) bond motifs is 1. The third-order valence-electron chi connectivity index (χ3n) is 5.66. The van der Waals surface area contributed by atoms with Gasteiger partial charge in [0.05, 0.1) is 18.4 Å². The van der Waals surface area contributed by atoms with Crippen LogP contribution in [0.2, 0.25) is 0 Å². The van der Waals surface area contributed by atoms with E-state index in [9.17, 15) is 4.79 Å². The van der Waals surface area contributed by atoms with Gasteiger partial charge in [-0.05, 0) is 61.7 Å². The summed E-state index contributed by atoms with van der Waals surface area (Å²) in [6, 6.07) is 13.5. The predicted molar refractivity (Wildman–Crippen MR) is 123 cm³/mol. The Kier molecular flexibility index (Phi) is 6.39. The highest BCUT2D eigenvalue weighted by atomic mass is 32.2. The Bertz CT molecular complexity index is 1120. The van der Waals surface area contributed by atoms with Crippen molar-refractivity contribution in [3.8, 4) is 28.7 Å². The monoisotopic (exact) mass is 467 g/mol. The summed E-state index contributed by atoms with van der Waals surface area (Å²) in [5, 5.41) is 8.58. The number of carbonyl (C=O) groups excluding carboxylic acids is 1. The van der Waals surface area contributed by atoms with Crippen molar-refractivity contribution in [1.29, 1.82) is 0 Å². The van der Waals surface area contributed by atoms with Gasteiger partial charge < -0.3 is 23.5 Å². The molecule has 5 rings (SSSR count). The summed E-state index contributed by atoms with van der Waals surface area (Å²) in [7, 11) is 0. The average molecular weight is 468 g/mol. The molecule has 1 fully saturated rings. The minimum atomic E-state index is 0.0380. The maximum atomic E-state index is 13.0. The number of carbonyl (C=O) groups is 1. The molecule has 172 valence electrons. The van der Waals surface area contributed by atoms with Crippen molar-refractivity contribution in [3.63, 3.8) is 0 Å². The molecule has 1 saturated heterocycles. The summed E-state index contributed by atoms with van der Waals surface area (Å²) in [5.74, 6) is 3.02. The lowest BCUT2D eigenvalue weighted by Crippen LogP contribution is -2.32. The van der Waals surface area contributed by atoms with Crippen molar-refractivity contribution in [2.24, 2.45) is 0 Å². The second-order valence-electron chi connectivity index (χ2n) is 7.77. The van der Waals surface area contributed by atoms with Crippen LogP contribution in [0.3, 0.4) is 0 Å². The number of ether oxygens (including phenoxy) is 3. The zero-order valence-electron chi connectivity index (χ0n) is 18.4. The fourth-order valence-corrected chi connectivity index (χ4v) is 4.78. The van der Waals surface area contributed by atoms with Crippen LogP contribution in [0.5, 0.6) is 17.2 Å². The Labute approximate surface area is 196 Å². The summed E-state index contributed by atoms with van der Waals surface area (Å²) < 4.78 is 22.5. The molecule has 0 radical (unpaired) electrons. The molecular formula is C24H25N3O5S. The molecule has 1 amide bonds. The Morgan fingerprint density at radius 3 is 2.76 bits per heavy atom. The molecule has 0 aliphatic carbocycles. The molecule has 1 atom stereocenters. The lowest BCUT2D eigenvalue weighted by molar-refractivity contribution is -0.129. The predicted octanol–water partition coefficient (Wildman–Crippen LogP) is 4.36. The number of likely N-dealkylation sites (tertiary alicyclic amines) is 1. The fourth-order valence-electron chi connectivity index (χ4n) is 4.13. The van der Waals surface area contributed by atoms with Gasteiger partial charge in [-0.3, -0.25) is 4.79 Å². The lowest BCUT2D eigenvalue weighted by atomic mass is 10.0. The van der Waals surface area contributed by atoms with Gasteiger partial charge in [-0.2, -0.15) is 0 Å². The number of hydrogen-bond donors (Lipinski definition) is 0. The summed E-state index contributed by atoms with van der Waals surface area (Å²) in [6.07, 6.45) is 1.90. The molecule has 33 heavy (non-hydrogen) atoms. The highest BCUT2D eigenvalue weighted by Gasteiger charge is 2.31. The largest absolute Gasteiger partial charge is 0.494 e. The molecule has 0 saturated carbocycles. The summed E-state index contributed by atoms with van der Waals surface area (Å²) in [6.45, 7) is 4.40. The number of nitrogens with zero attached hydrogens (tertiary/aromatic N) is 3. The maximum absolute atomic E-state index is 13.0. The van der Waals surface area contributed by atoms with Crippen LogP contribution in [0.4, 0.5) is 0 Å². The first-order chi connectivity index (χ1) is 16.2. The molecule has 2 aliphatic heterocycles. The van der Waals surface area contributed by atoms with Gasteiger partial charge in [0.25, 0.3) is 5.22 Å².